The van der Waals surface area contributed by atoms with Crippen molar-refractivity contribution in [3.8, 4) is 5.75 Å². The fourth-order valence-corrected chi connectivity index (χ4v) is 2.97. The Morgan fingerprint density at radius 1 is 1.17 bits per heavy atom. The molecule has 1 aliphatic heterocycles. The molecule has 2 atom stereocenters. The predicted octanol–water partition coefficient (Wildman–Crippen LogP) is 1.77. The van der Waals surface area contributed by atoms with Crippen molar-refractivity contribution in [1.82, 2.24) is 0 Å². The first-order chi connectivity index (χ1) is 8.63. The predicted molar refractivity (Wildman–Crippen MR) is 70.4 cm³/mol. The molecule has 0 saturated carbocycles. The van der Waals surface area contributed by atoms with Gasteiger partial charge in [-0.2, -0.15) is 0 Å². The van der Waals surface area contributed by atoms with Crippen LogP contribution in [-0.4, -0.2) is 26.2 Å². The summed E-state index contributed by atoms with van der Waals surface area (Å²) in [4.78, 5) is 1.63. The van der Waals surface area contributed by atoms with E-state index < -0.39 is 0 Å². The molecule has 0 radical (unpaired) electrons. The summed E-state index contributed by atoms with van der Waals surface area (Å²) in [7, 11) is 0. The van der Waals surface area contributed by atoms with Crippen molar-refractivity contribution < 1.29 is 14.0 Å². The maximum Gasteiger partial charge on any atom is 0.137 e. The minimum Gasteiger partial charge on any atom is -0.488 e. The molecule has 1 heterocycles. The SMILES string of the molecule is C[C@@H]1C[C@@H](C)C[NH+](CCOc2ccc(F)cc2)C1. The van der Waals surface area contributed by atoms with Crippen LogP contribution in [0.1, 0.15) is 20.3 Å². The van der Waals surface area contributed by atoms with Crippen LogP contribution in [0.2, 0.25) is 0 Å². The number of hydrogen-bond acceptors (Lipinski definition) is 1. The van der Waals surface area contributed by atoms with E-state index in [1.54, 1.807) is 17.0 Å². The first-order valence-electron chi connectivity index (χ1n) is 6.85. The van der Waals surface area contributed by atoms with Crippen molar-refractivity contribution in [3.63, 3.8) is 0 Å². The minimum atomic E-state index is -0.216. The quantitative estimate of drug-likeness (QED) is 0.862. The number of piperidine rings is 1. The number of likely N-dealkylation sites (tertiary alicyclic amines) is 1. The van der Waals surface area contributed by atoms with Gasteiger partial charge in [0.25, 0.3) is 0 Å². The van der Waals surface area contributed by atoms with Crippen molar-refractivity contribution in [2.24, 2.45) is 11.8 Å². The van der Waals surface area contributed by atoms with E-state index in [2.05, 4.69) is 13.8 Å². The van der Waals surface area contributed by atoms with Gasteiger partial charge in [0.2, 0.25) is 0 Å². The lowest BCUT2D eigenvalue weighted by Gasteiger charge is -2.31. The van der Waals surface area contributed by atoms with E-state index in [0.29, 0.717) is 6.61 Å². The van der Waals surface area contributed by atoms with Gasteiger partial charge in [-0.05, 0) is 30.7 Å². The lowest BCUT2D eigenvalue weighted by molar-refractivity contribution is -0.912. The van der Waals surface area contributed by atoms with Crippen LogP contribution < -0.4 is 9.64 Å². The fourth-order valence-electron chi connectivity index (χ4n) is 2.97. The highest BCUT2D eigenvalue weighted by molar-refractivity contribution is 5.21. The summed E-state index contributed by atoms with van der Waals surface area (Å²) in [5.74, 6) is 2.17. The van der Waals surface area contributed by atoms with Gasteiger partial charge in [-0.1, -0.05) is 13.8 Å². The van der Waals surface area contributed by atoms with Gasteiger partial charge in [0.15, 0.2) is 0 Å². The molecule has 1 aromatic carbocycles. The molecule has 100 valence electrons. The molecule has 1 aliphatic rings. The smallest absolute Gasteiger partial charge is 0.137 e. The van der Waals surface area contributed by atoms with Gasteiger partial charge in [-0.25, -0.2) is 4.39 Å². The van der Waals surface area contributed by atoms with Crippen molar-refractivity contribution in [3.05, 3.63) is 30.1 Å². The Bertz CT molecular complexity index is 355. The molecule has 2 nitrogen and oxygen atoms in total. The van der Waals surface area contributed by atoms with Gasteiger partial charge in [-0.3, -0.25) is 0 Å². The lowest BCUT2D eigenvalue weighted by Crippen LogP contribution is -3.14. The maximum absolute atomic E-state index is 12.7. The zero-order valence-electron chi connectivity index (χ0n) is 11.3. The summed E-state index contributed by atoms with van der Waals surface area (Å²) < 4.78 is 18.4. The lowest BCUT2D eigenvalue weighted by atomic mass is 9.92. The number of ether oxygens (including phenoxy) is 1. The molecule has 1 saturated heterocycles. The highest BCUT2D eigenvalue weighted by atomic mass is 19.1. The third-order valence-corrected chi connectivity index (χ3v) is 3.62. The molecule has 0 aliphatic carbocycles. The Morgan fingerprint density at radius 2 is 1.78 bits per heavy atom. The Kier molecular flexibility index (Phi) is 4.59. The third-order valence-electron chi connectivity index (χ3n) is 3.62. The van der Waals surface area contributed by atoms with Crippen LogP contribution >= 0.6 is 0 Å². The van der Waals surface area contributed by atoms with E-state index >= 15 is 0 Å². The molecule has 18 heavy (non-hydrogen) atoms. The summed E-state index contributed by atoms with van der Waals surface area (Å²) in [6, 6.07) is 6.25. The molecule has 2 rings (SSSR count). The van der Waals surface area contributed by atoms with Crippen molar-refractivity contribution in [2.45, 2.75) is 20.3 Å². The third kappa shape index (κ3) is 3.98. The number of nitrogens with one attached hydrogen (secondary N) is 1. The summed E-state index contributed by atoms with van der Waals surface area (Å²) >= 11 is 0. The molecule has 1 aromatic rings. The van der Waals surface area contributed by atoms with E-state index in [1.807, 2.05) is 0 Å². The average molecular weight is 252 g/mol. The van der Waals surface area contributed by atoms with Crippen LogP contribution in [0.5, 0.6) is 5.75 Å². The average Bonchev–Trinajstić information content (AvgIpc) is 2.30. The van der Waals surface area contributed by atoms with Gasteiger partial charge < -0.3 is 9.64 Å². The molecule has 0 unspecified atom stereocenters. The Morgan fingerprint density at radius 3 is 2.39 bits per heavy atom. The number of hydrogen-bond donors (Lipinski definition) is 1. The second kappa shape index (κ2) is 6.19. The standard InChI is InChI=1S/C15H22FNO/c1-12-9-13(2)11-17(10-12)7-8-18-15-5-3-14(16)4-6-15/h3-6,12-13H,7-11H2,1-2H3/p+1/t12-,13-/m1/s1. The van der Waals surface area contributed by atoms with Crippen molar-refractivity contribution in [1.29, 1.82) is 0 Å². The Hall–Kier alpha value is -1.09. The number of rotatable bonds is 4. The van der Waals surface area contributed by atoms with E-state index in [1.165, 1.54) is 31.6 Å². The number of halogens is 1. The van der Waals surface area contributed by atoms with Crippen LogP contribution in [-0.2, 0) is 0 Å². The van der Waals surface area contributed by atoms with Crippen LogP contribution in [0.4, 0.5) is 4.39 Å². The zero-order valence-corrected chi connectivity index (χ0v) is 11.3. The molecule has 1 fully saturated rings. The number of benzene rings is 1. The van der Waals surface area contributed by atoms with E-state index in [0.717, 1.165) is 24.1 Å². The van der Waals surface area contributed by atoms with Gasteiger partial charge in [0.1, 0.15) is 24.7 Å². The van der Waals surface area contributed by atoms with E-state index in [-0.39, 0.29) is 5.82 Å². The summed E-state index contributed by atoms with van der Waals surface area (Å²) in [6.07, 6.45) is 1.35. The van der Waals surface area contributed by atoms with E-state index in [9.17, 15) is 4.39 Å². The van der Waals surface area contributed by atoms with Gasteiger partial charge in [0.05, 0.1) is 13.1 Å². The number of quaternary nitrogens is 1. The highest BCUT2D eigenvalue weighted by Gasteiger charge is 2.24. The maximum atomic E-state index is 12.7. The Balaban J connectivity index is 1.73. The van der Waals surface area contributed by atoms with Gasteiger partial charge >= 0.3 is 0 Å². The summed E-state index contributed by atoms with van der Waals surface area (Å²) in [6.45, 7) is 8.90. The summed E-state index contributed by atoms with van der Waals surface area (Å²) in [5, 5.41) is 0. The second-order valence-corrected chi connectivity index (χ2v) is 5.66. The minimum absolute atomic E-state index is 0.216. The van der Waals surface area contributed by atoms with Gasteiger partial charge in [0, 0.05) is 11.8 Å². The molecular weight excluding hydrogens is 229 g/mol. The molecule has 0 aromatic heterocycles. The Labute approximate surface area is 109 Å². The van der Waals surface area contributed by atoms with Gasteiger partial charge in [-0.15, -0.1) is 0 Å². The molecule has 3 heteroatoms. The van der Waals surface area contributed by atoms with Crippen molar-refractivity contribution in [2.75, 3.05) is 26.2 Å². The van der Waals surface area contributed by atoms with Crippen LogP contribution in [0, 0.1) is 17.7 Å². The summed E-state index contributed by atoms with van der Waals surface area (Å²) in [5.41, 5.74) is 0. The molecule has 0 amide bonds. The highest BCUT2D eigenvalue weighted by Crippen LogP contribution is 2.12. The largest absolute Gasteiger partial charge is 0.488 e. The molecule has 1 N–H and O–H groups in total. The normalized spacial score (nSPS) is 28.1. The fraction of sp³-hybridized carbons (Fsp3) is 0.600. The molecule has 0 spiro atoms. The molecule has 0 bridgehead atoms. The van der Waals surface area contributed by atoms with Crippen molar-refractivity contribution >= 4 is 0 Å². The van der Waals surface area contributed by atoms with Crippen LogP contribution in [0.25, 0.3) is 0 Å². The first-order valence-corrected chi connectivity index (χ1v) is 6.85. The topological polar surface area (TPSA) is 13.7 Å². The van der Waals surface area contributed by atoms with Crippen LogP contribution in [0.3, 0.4) is 0 Å². The van der Waals surface area contributed by atoms with Crippen LogP contribution in [0.15, 0.2) is 24.3 Å². The monoisotopic (exact) mass is 252 g/mol. The first kappa shape index (κ1) is 13.3. The zero-order chi connectivity index (χ0) is 13.0. The molecular formula is C15H23FNO+. The second-order valence-electron chi connectivity index (χ2n) is 5.66. The van der Waals surface area contributed by atoms with E-state index in [4.69, 9.17) is 4.74 Å².